The molecule has 0 aliphatic carbocycles. The molecule has 24 heavy (non-hydrogen) atoms. The number of hydrogen-bond donors (Lipinski definition) is 0. The monoisotopic (exact) mass is 326 g/mol. The minimum Gasteiger partial charge on any atom is -0.477 e. The van der Waals surface area contributed by atoms with Crippen molar-refractivity contribution >= 4 is 10.8 Å². The highest BCUT2D eigenvalue weighted by Crippen LogP contribution is 2.40. The molecule has 2 aliphatic rings. The third-order valence-corrected chi connectivity index (χ3v) is 4.92. The average Bonchev–Trinajstić information content (AvgIpc) is 2.61. The fourth-order valence-electron chi connectivity index (χ4n) is 3.84. The standard InChI is InChI=1S/C20H26N2O2/c1-3-9-21-11-15-5-7-18-17(19(15)23-13-21)8-6-16-12-22(10-4-2)14-24-20(16)18/h5-8H,3-4,9-14H2,1-2H3. The summed E-state index contributed by atoms with van der Waals surface area (Å²) in [5, 5.41) is 2.37. The highest BCUT2D eigenvalue weighted by Gasteiger charge is 2.23. The minimum atomic E-state index is 0.683. The van der Waals surface area contributed by atoms with Gasteiger partial charge in [0.05, 0.1) is 0 Å². The Balaban J connectivity index is 1.69. The smallest absolute Gasteiger partial charge is 0.142 e. The first-order valence-electron chi connectivity index (χ1n) is 9.08. The zero-order chi connectivity index (χ0) is 16.5. The topological polar surface area (TPSA) is 24.9 Å². The molecule has 0 amide bonds. The highest BCUT2D eigenvalue weighted by molar-refractivity contribution is 5.95. The summed E-state index contributed by atoms with van der Waals surface area (Å²) in [4.78, 5) is 4.71. The fourth-order valence-corrected chi connectivity index (χ4v) is 3.84. The summed E-state index contributed by atoms with van der Waals surface area (Å²) in [6.07, 6.45) is 2.31. The van der Waals surface area contributed by atoms with Crippen molar-refractivity contribution in [2.24, 2.45) is 0 Å². The van der Waals surface area contributed by atoms with Crippen LogP contribution in [0.2, 0.25) is 0 Å². The molecule has 2 aliphatic heterocycles. The van der Waals surface area contributed by atoms with Gasteiger partial charge in [-0.1, -0.05) is 38.1 Å². The van der Waals surface area contributed by atoms with Crippen LogP contribution >= 0.6 is 0 Å². The molecule has 0 bridgehead atoms. The molecule has 128 valence electrons. The molecule has 4 nitrogen and oxygen atoms in total. The van der Waals surface area contributed by atoms with E-state index in [0.717, 1.165) is 50.5 Å². The van der Waals surface area contributed by atoms with Crippen LogP contribution in [-0.2, 0) is 13.1 Å². The molecule has 2 heterocycles. The average molecular weight is 326 g/mol. The van der Waals surface area contributed by atoms with Crippen LogP contribution in [0, 0.1) is 0 Å². The van der Waals surface area contributed by atoms with E-state index in [-0.39, 0.29) is 0 Å². The van der Waals surface area contributed by atoms with Crippen LogP contribution in [0.4, 0.5) is 0 Å². The predicted molar refractivity (Wildman–Crippen MR) is 96.3 cm³/mol. The van der Waals surface area contributed by atoms with E-state index in [0.29, 0.717) is 13.5 Å². The van der Waals surface area contributed by atoms with E-state index in [4.69, 9.17) is 9.47 Å². The van der Waals surface area contributed by atoms with Gasteiger partial charge in [-0.2, -0.15) is 0 Å². The zero-order valence-electron chi connectivity index (χ0n) is 14.7. The van der Waals surface area contributed by atoms with Crippen LogP contribution in [0.1, 0.15) is 37.8 Å². The van der Waals surface area contributed by atoms with Crippen LogP contribution in [0.3, 0.4) is 0 Å². The molecule has 0 unspecified atom stereocenters. The van der Waals surface area contributed by atoms with Crippen LogP contribution < -0.4 is 9.47 Å². The molecule has 0 atom stereocenters. The number of benzene rings is 2. The van der Waals surface area contributed by atoms with Crippen LogP contribution in [0.15, 0.2) is 24.3 Å². The first-order valence-corrected chi connectivity index (χ1v) is 9.08. The second-order valence-electron chi connectivity index (χ2n) is 6.85. The summed E-state index contributed by atoms with van der Waals surface area (Å²) >= 11 is 0. The van der Waals surface area contributed by atoms with E-state index in [1.54, 1.807) is 0 Å². The van der Waals surface area contributed by atoms with Crippen molar-refractivity contribution in [3.8, 4) is 11.5 Å². The summed E-state index contributed by atoms with van der Waals surface area (Å²) in [5.41, 5.74) is 2.57. The van der Waals surface area contributed by atoms with E-state index in [2.05, 4.69) is 47.9 Å². The van der Waals surface area contributed by atoms with Gasteiger partial charge >= 0.3 is 0 Å². The Kier molecular flexibility index (Phi) is 4.33. The molecule has 0 radical (unpaired) electrons. The normalized spacial score (nSPS) is 17.9. The van der Waals surface area contributed by atoms with Crippen molar-refractivity contribution in [2.75, 3.05) is 26.6 Å². The lowest BCUT2D eigenvalue weighted by atomic mass is 9.99. The summed E-state index contributed by atoms with van der Waals surface area (Å²) < 4.78 is 12.2. The maximum atomic E-state index is 6.11. The quantitative estimate of drug-likeness (QED) is 0.849. The third-order valence-electron chi connectivity index (χ3n) is 4.92. The van der Waals surface area contributed by atoms with Gasteiger partial charge in [0.15, 0.2) is 0 Å². The van der Waals surface area contributed by atoms with Crippen LogP contribution in [0.5, 0.6) is 11.5 Å². The van der Waals surface area contributed by atoms with Crippen LogP contribution in [-0.4, -0.2) is 36.4 Å². The number of rotatable bonds is 4. The van der Waals surface area contributed by atoms with Crippen molar-refractivity contribution in [2.45, 2.75) is 39.8 Å². The molecular weight excluding hydrogens is 300 g/mol. The van der Waals surface area contributed by atoms with E-state index in [1.807, 2.05) is 0 Å². The SMILES string of the molecule is CCCN1COc2c(ccc3c4c(ccc23)CN(CCC)CO4)C1. The molecule has 4 heteroatoms. The molecule has 0 saturated carbocycles. The Morgan fingerprint density at radius 1 is 0.750 bits per heavy atom. The Labute approximate surface area is 143 Å². The Bertz CT molecular complexity index is 681. The highest BCUT2D eigenvalue weighted by atomic mass is 16.5. The second-order valence-corrected chi connectivity index (χ2v) is 6.85. The summed E-state index contributed by atoms with van der Waals surface area (Å²) in [5.74, 6) is 2.09. The number of fused-ring (bicyclic) bond motifs is 5. The van der Waals surface area contributed by atoms with Gasteiger partial charge in [-0.3, -0.25) is 9.80 Å². The number of ether oxygens (including phenoxy) is 2. The summed E-state index contributed by atoms with van der Waals surface area (Å²) in [7, 11) is 0. The molecular formula is C20H26N2O2. The second kappa shape index (κ2) is 6.61. The fraction of sp³-hybridized carbons (Fsp3) is 0.500. The Morgan fingerprint density at radius 2 is 1.21 bits per heavy atom. The van der Waals surface area contributed by atoms with Crippen molar-refractivity contribution < 1.29 is 9.47 Å². The van der Waals surface area contributed by atoms with Crippen molar-refractivity contribution in [1.82, 2.24) is 9.80 Å². The van der Waals surface area contributed by atoms with E-state index < -0.39 is 0 Å². The van der Waals surface area contributed by atoms with Gasteiger partial charge in [-0.25, -0.2) is 0 Å². The maximum Gasteiger partial charge on any atom is 0.142 e. The first kappa shape index (κ1) is 15.7. The summed E-state index contributed by atoms with van der Waals surface area (Å²) in [6.45, 7) is 9.89. The molecule has 2 aromatic rings. The van der Waals surface area contributed by atoms with Crippen LogP contribution in [0.25, 0.3) is 10.8 Å². The Morgan fingerprint density at radius 3 is 1.62 bits per heavy atom. The van der Waals surface area contributed by atoms with Gasteiger partial charge in [0.1, 0.15) is 25.0 Å². The lowest BCUT2D eigenvalue weighted by Gasteiger charge is -2.32. The van der Waals surface area contributed by atoms with E-state index in [1.165, 1.54) is 21.9 Å². The van der Waals surface area contributed by atoms with Gasteiger partial charge in [-0.15, -0.1) is 0 Å². The Hall–Kier alpha value is -1.78. The van der Waals surface area contributed by atoms with Gasteiger partial charge in [0.2, 0.25) is 0 Å². The summed E-state index contributed by atoms with van der Waals surface area (Å²) in [6, 6.07) is 8.84. The largest absolute Gasteiger partial charge is 0.477 e. The molecule has 0 fully saturated rings. The van der Waals surface area contributed by atoms with E-state index in [9.17, 15) is 0 Å². The van der Waals surface area contributed by atoms with Crippen molar-refractivity contribution in [3.05, 3.63) is 35.4 Å². The zero-order valence-corrected chi connectivity index (χ0v) is 14.7. The maximum absolute atomic E-state index is 6.11. The van der Waals surface area contributed by atoms with E-state index >= 15 is 0 Å². The lowest BCUT2D eigenvalue weighted by molar-refractivity contribution is 0.0954. The van der Waals surface area contributed by atoms with Crippen molar-refractivity contribution in [3.63, 3.8) is 0 Å². The molecule has 0 saturated heterocycles. The van der Waals surface area contributed by atoms with Crippen molar-refractivity contribution in [1.29, 1.82) is 0 Å². The minimum absolute atomic E-state index is 0.683. The molecule has 0 N–H and O–H groups in total. The lowest BCUT2D eigenvalue weighted by Crippen LogP contribution is -2.33. The molecule has 0 aromatic heterocycles. The van der Waals surface area contributed by atoms with Gasteiger partial charge in [0, 0.05) is 48.1 Å². The predicted octanol–water partition coefficient (Wildman–Crippen LogP) is 3.96. The number of hydrogen-bond acceptors (Lipinski definition) is 4. The molecule has 4 rings (SSSR count). The van der Waals surface area contributed by atoms with Gasteiger partial charge in [0.25, 0.3) is 0 Å². The van der Waals surface area contributed by atoms with Gasteiger partial charge in [-0.05, 0) is 12.8 Å². The molecule has 0 spiro atoms. The first-order chi connectivity index (χ1) is 11.8. The molecule has 2 aromatic carbocycles. The third kappa shape index (κ3) is 2.74. The van der Waals surface area contributed by atoms with Gasteiger partial charge < -0.3 is 9.47 Å². The number of nitrogens with zero attached hydrogens (tertiary/aromatic N) is 2.